The molecule has 3 atom stereocenters. The minimum absolute atomic E-state index is 0.0650. The molecule has 0 spiro atoms. The summed E-state index contributed by atoms with van der Waals surface area (Å²) < 4.78 is 5.33. The van der Waals surface area contributed by atoms with Crippen molar-refractivity contribution in [1.82, 2.24) is 15.4 Å². The van der Waals surface area contributed by atoms with Crippen LogP contribution in [0.4, 0.5) is 0 Å². The topological polar surface area (TPSA) is 84.4 Å². The van der Waals surface area contributed by atoms with Crippen molar-refractivity contribution in [3.8, 4) is 0 Å². The summed E-state index contributed by atoms with van der Waals surface area (Å²) in [4.78, 5) is 15.3. The number of hydrogen-bond donors (Lipinski definition) is 2. The first kappa shape index (κ1) is 17.7. The Morgan fingerprint density at radius 2 is 1.81 bits per heavy atom. The van der Waals surface area contributed by atoms with Crippen LogP contribution in [0.25, 0.3) is 0 Å². The van der Waals surface area contributed by atoms with Crippen molar-refractivity contribution < 1.29 is 9.32 Å². The maximum absolute atomic E-state index is 12.6. The van der Waals surface area contributed by atoms with Crippen molar-refractivity contribution in [2.24, 2.45) is 11.7 Å². The first-order valence-electron chi connectivity index (χ1n) is 10.9. The SMILES string of the molecule is N[C@H]1CC[C@H](CN2[C@@H]3CC[C@H]2C[C@@H](NC(=O)c2cc(C4CC4)on2)C3)CC1. The highest BCUT2D eigenvalue weighted by Crippen LogP contribution is 2.40. The van der Waals surface area contributed by atoms with Gasteiger partial charge in [0.25, 0.3) is 5.91 Å². The number of carbonyl (C=O) groups excluding carboxylic acids is 1. The number of nitrogens with two attached hydrogens (primary N) is 1. The molecule has 1 amide bonds. The van der Waals surface area contributed by atoms with Crippen LogP contribution in [0.5, 0.6) is 0 Å². The first-order chi connectivity index (χ1) is 13.2. The van der Waals surface area contributed by atoms with Crippen LogP contribution in [-0.4, -0.2) is 46.7 Å². The zero-order valence-electron chi connectivity index (χ0n) is 16.1. The highest BCUT2D eigenvalue weighted by atomic mass is 16.5. The Bertz CT molecular complexity index is 663. The van der Waals surface area contributed by atoms with Crippen LogP contribution in [0.1, 0.15) is 86.4 Å². The van der Waals surface area contributed by atoms with Gasteiger partial charge in [-0.2, -0.15) is 0 Å². The van der Waals surface area contributed by atoms with Crippen LogP contribution < -0.4 is 11.1 Å². The summed E-state index contributed by atoms with van der Waals surface area (Å²) in [5, 5.41) is 7.22. The highest BCUT2D eigenvalue weighted by molar-refractivity contribution is 5.92. The van der Waals surface area contributed by atoms with Crippen LogP contribution in [-0.2, 0) is 0 Å². The predicted molar refractivity (Wildman–Crippen MR) is 102 cm³/mol. The average molecular weight is 373 g/mol. The lowest BCUT2D eigenvalue weighted by Gasteiger charge is -2.41. The largest absolute Gasteiger partial charge is 0.360 e. The molecular formula is C21H32N4O2. The number of nitrogens with one attached hydrogen (secondary N) is 1. The van der Waals surface area contributed by atoms with Crippen LogP contribution in [0, 0.1) is 5.92 Å². The molecule has 148 valence electrons. The zero-order chi connectivity index (χ0) is 18.4. The molecule has 3 N–H and O–H groups in total. The second-order valence-electron chi connectivity index (χ2n) is 9.39. The Kier molecular flexibility index (Phi) is 4.72. The number of rotatable bonds is 5. The molecule has 4 fully saturated rings. The van der Waals surface area contributed by atoms with Crippen LogP contribution in [0.2, 0.25) is 0 Å². The van der Waals surface area contributed by atoms with Crippen molar-refractivity contribution in [2.75, 3.05) is 6.54 Å². The summed E-state index contributed by atoms with van der Waals surface area (Å²) in [6, 6.07) is 3.79. The summed E-state index contributed by atoms with van der Waals surface area (Å²) in [5.74, 6) is 2.12. The summed E-state index contributed by atoms with van der Waals surface area (Å²) in [6.07, 6.45) is 12.0. The van der Waals surface area contributed by atoms with Gasteiger partial charge < -0.3 is 15.6 Å². The number of carbonyl (C=O) groups is 1. The minimum Gasteiger partial charge on any atom is -0.360 e. The second-order valence-corrected chi connectivity index (χ2v) is 9.39. The number of nitrogens with zero attached hydrogens (tertiary/aromatic N) is 2. The third kappa shape index (κ3) is 3.79. The summed E-state index contributed by atoms with van der Waals surface area (Å²) >= 11 is 0. The molecule has 2 bridgehead atoms. The van der Waals surface area contributed by atoms with Gasteiger partial charge in [0, 0.05) is 42.7 Å². The monoisotopic (exact) mass is 372 g/mol. The lowest BCUT2D eigenvalue weighted by molar-refractivity contribution is 0.0750. The van der Waals surface area contributed by atoms with Crippen molar-refractivity contribution in [3.63, 3.8) is 0 Å². The maximum atomic E-state index is 12.6. The normalized spacial score (nSPS) is 36.7. The molecular weight excluding hydrogens is 340 g/mol. The van der Waals surface area contributed by atoms with E-state index >= 15 is 0 Å². The van der Waals surface area contributed by atoms with Gasteiger partial charge in [-0.05, 0) is 70.1 Å². The second kappa shape index (κ2) is 7.21. The Morgan fingerprint density at radius 3 is 2.48 bits per heavy atom. The average Bonchev–Trinajstić information content (AvgIpc) is 3.34. The van der Waals surface area contributed by atoms with Gasteiger partial charge >= 0.3 is 0 Å². The smallest absolute Gasteiger partial charge is 0.273 e. The molecule has 6 nitrogen and oxygen atoms in total. The van der Waals surface area contributed by atoms with Crippen LogP contribution in [0.15, 0.2) is 10.6 Å². The van der Waals surface area contributed by atoms with Gasteiger partial charge in [-0.25, -0.2) is 0 Å². The van der Waals surface area contributed by atoms with Gasteiger partial charge in [0.1, 0.15) is 5.76 Å². The molecule has 3 heterocycles. The van der Waals surface area contributed by atoms with E-state index in [1.54, 1.807) is 0 Å². The molecule has 0 aromatic carbocycles. The molecule has 1 aromatic rings. The fraction of sp³-hybridized carbons (Fsp3) is 0.810. The molecule has 2 saturated heterocycles. The third-order valence-electron chi connectivity index (χ3n) is 7.32. The Labute approximate surface area is 161 Å². The van der Waals surface area contributed by atoms with E-state index in [0.29, 0.717) is 29.7 Å². The fourth-order valence-corrected chi connectivity index (χ4v) is 5.57. The lowest BCUT2D eigenvalue weighted by atomic mass is 9.85. The van der Waals surface area contributed by atoms with Crippen molar-refractivity contribution in [1.29, 1.82) is 0 Å². The van der Waals surface area contributed by atoms with Crippen molar-refractivity contribution in [3.05, 3.63) is 17.5 Å². The van der Waals surface area contributed by atoms with Gasteiger partial charge in [-0.15, -0.1) is 0 Å². The molecule has 27 heavy (non-hydrogen) atoms. The van der Waals surface area contributed by atoms with E-state index < -0.39 is 0 Å². The van der Waals surface area contributed by atoms with E-state index in [9.17, 15) is 4.79 Å². The van der Waals surface area contributed by atoms with E-state index in [1.807, 2.05) is 6.07 Å². The summed E-state index contributed by atoms with van der Waals surface area (Å²) in [7, 11) is 0. The zero-order valence-corrected chi connectivity index (χ0v) is 16.1. The molecule has 0 unspecified atom stereocenters. The van der Waals surface area contributed by atoms with Gasteiger partial charge in [0.15, 0.2) is 5.69 Å². The predicted octanol–water partition coefficient (Wildman–Crippen LogP) is 2.79. The van der Waals surface area contributed by atoms with Crippen LogP contribution >= 0.6 is 0 Å². The van der Waals surface area contributed by atoms with E-state index in [1.165, 1.54) is 45.1 Å². The Hall–Kier alpha value is -1.40. The van der Waals surface area contributed by atoms with Gasteiger partial charge in [-0.1, -0.05) is 5.16 Å². The molecule has 2 aliphatic carbocycles. The number of piperidine rings is 1. The molecule has 5 rings (SSSR count). The van der Waals surface area contributed by atoms with Crippen molar-refractivity contribution in [2.45, 2.75) is 94.3 Å². The number of amides is 1. The molecule has 2 saturated carbocycles. The molecule has 4 aliphatic rings. The quantitative estimate of drug-likeness (QED) is 0.830. The molecule has 6 heteroatoms. The van der Waals surface area contributed by atoms with E-state index in [-0.39, 0.29) is 11.9 Å². The number of aromatic nitrogens is 1. The summed E-state index contributed by atoms with van der Waals surface area (Å²) in [5.41, 5.74) is 6.51. The lowest BCUT2D eigenvalue weighted by Crippen LogP contribution is -2.51. The highest BCUT2D eigenvalue weighted by Gasteiger charge is 2.42. The summed E-state index contributed by atoms with van der Waals surface area (Å²) in [6.45, 7) is 1.23. The number of fused-ring (bicyclic) bond motifs is 2. The fourth-order valence-electron chi connectivity index (χ4n) is 5.57. The van der Waals surface area contributed by atoms with E-state index in [4.69, 9.17) is 10.3 Å². The number of hydrogen-bond acceptors (Lipinski definition) is 5. The first-order valence-corrected chi connectivity index (χ1v) is 10.9. The van der Waals surface area contributed by atoms with Crippen molar-refractivity contribution >= 4 is 5.91 Å². The van der Waals surface area contributed by atoms with Crippen LogP contribution in [0.3, 0.4) is 0 Å². The van der Waals surface area contributed by atoms with Gasteiger partial charge in [-0.3, -0.25) is 9.69 Å². The van der Waals surface area contributed by atoms with Gasteiger partial charge in [0.05, 0.1) is 0 Å². The standard InChI is InChI=1S/C21H32N4O2/c22-15-5-1-13(2-6-15)12-25-17-7-8-18(25)10-16(9-17)23-21(26)19-11-20(27-24-19)14-3-4-14/h11,13-18H,1-10,12,22H2,(H,23,26)/t13-,15-,16-,17+,18-. The molecule has 0 radical (unpaired) electrons. The third-order valence-corrected chi connectivity index (χ3v) is 7.32. The Balaban J connectivity index is 1.15. The van der Waals surface area contributed by atoms with E-state index in [0.717, 1.165) is 37.4 Å². The molecule has 2 aliphatic heterocycles. The minimum atomic E-state index is -0.0650. The Morgan fingerprint density at radius 1 is 1.11 bits per heavy atom. The maximum Gasteiger partial charge on any atom is 0.273 e. The van der Waals surface area contributed by atoms with Gasteiger partial charge in [0.2, 0.25) is 0 Å². The molecule has 1 aromatic heterocycles. The van der Waals surface area contributed by atoms with E-state index in [2.05, 4.69) is 15.4 Å².